The minimum Gasteiger partial charge on any atom is -0.464 e. The van der Waals surface area contributed by atoms with Crippen LogP contribution < -0.4 is 10.8 Å². The number of anilines is 1. The molecule has 1 fully saturated rings. The fourth-order valence-corrected chi connectivity index (χ4v) is 5.04. The Morgan fingerprint density at radius 3 is 2.68 bits per heavy atom. The lowest BCUT2D eigenvalue weighted by Crippen LogP contribution is -2.41. The summed E-state index contributed by atoms with van der Waals surface area (Å²) in [7, 11) is -0.856. The summed E-state index contributed by atoms with van der Waals surface area (Å²) >= 11 is 0. The smallest absolute Gasteiger partial charge is 0.464 e. The van der Waals surface area contributed by atoms with Gasteiger partial charge in [-0.25, -0.2) is 9.50 Å². The summed E-state index contributed by atoms with van der Waals surface area (Å²) in [6, 6.07) is 2.84. The zero-order valence-electron chi connectivity index (χ0n) is 21.7. The number of aryl methyl sites for hydroxylation is 1. The molecule has 0 aliphatic carbocycles. The molecule has 11 nitrogen and oxygen atoms in total. The molecule has 0 bridgehead atoms. The van der Waals surface area contributed by atoms with Crippen LogP contribution in [-0.2, 0) is 29.8 Å². The summed E-state index contributed by atoms with van der Waals surface area (Å²) in [5.41, 5.74) is 6.72. The molecule has 1 aliphatic rings. The molecule has 2 aromatic rings. The number of nitrogens with zero attached hydrogens (tertiary/aromatic N) is 4. The van der Waals surface area contributed by atoms with Crippen LogP contribution in [0.3, 0.4) is 0 Å². The quantitative estimate of drug-likeness (QED) is 0.277. The van der Waals surface area contributed by atoms with Crippen LogP contribution in [0.5, 0.6) is 0 Å². The van der Waals surface area contributed by atoms with Crippen molar-refractivity contribution in [2.45, 2.75) is 57.3 Å². The summed E-state index contributed by atoms with van der Waals surface area (Å²) in [4.78, 5) is 17.6. The molecule has 2 aromatic heterocycles. The van der Waals surface area contributed by atoms with Gasteiger partial charge in [0.05, 0.1) is 18.8 Å². The van der Waals surface area contributed by atoms with Gasteiger partial charge in [0.2, 0.25) is 0 Å². The first kappa shape index (κ1) is 30.2. The SMILES string of the molecule is CO[C@@](C)(CCc1ccc2c(N)ncnn12)CO[P+](=O)N[C@@H](C)C(=O)OCC1CCN(CC(F)(F)F)CC1. The minimum absolute atomic E-state index is 0.00437. The first-order chi connectivity index (χ1) is 17.9. The van der Waals surface area contributed by atoms with Gasteiger partial charge < -0.3 is 15.2 Å². The first-order valence-electron chi connectivity index (χ1n) is 12.3. The summed E-state index contributed by atoms with van der Waals surface area (Å²) in [6.07, 6.45) is -0.701. The molecule has 3 rings (SSSR count). The van der Waals surface area contributed by atoms with Crippen LogP contribution in [-0.4, -0.2) is 83.2 Å². The Labute approximate surface area is 220 Å². The van der Waals surface area contributed by atoms with Crippen LogP contribution in [0, 0.1) is 5.92 Å². The lowest BCUT2D eigenvalue weighted by molar-refractivity contribution is -0.151. The molecule has 1 aliphatic heterocycles. The van der Waals surface area contributed by atoms with E-state index in [1.54, 1.807) is 4.52 Å². The van der Waals surface area contributed by atoms with Crippen molar-refractivity contribution >= 4 is 25.5 Å². The number of piperidine rings is 1. The fraction of sp³-hybridized carbons (Fsp3) is 0.696. The number of nitrogens with two attached hydrogens (primary N) is 1. The standard InChI is InChI=1S/C23H35F3N6O5P/c1-16(21(33)36-12-17-7-10-31(11-8-17)13-23(24,25)26)30-38(34)37-14-22(2,35-3)9-6-18-4-5-19-20(27)28-15-29-32(18)19/h4-5,15-17H,6-14H2,1-3H3,(H,30,34)(H2,27,28,29)/q+1/t16-,22-/m0/s1. The Bertz CT molecular complexity index is 1100. The van der Waals surface area contributed by atoms with Gasteiger partial charge in [-0.15, -0.1) is 4.52 Å². The van der Waals surface area contributed by atoms with Gasteiger partial charge in [-0.1, -0.05) is 5.09 Å². The third-order valence-electron chi connectivity index (χ3n) is 6.67. The van der Waals surface area contributed by atoms with Crippen molar-refractivity contribution in [1.82, 2.24) is 24.6 Å². The Morgan fingerprint density at radius 2 is 2.03 bits per heavy atom. The van der Waals surface area contributed by atoms with Crippen LogP contribution in [0.2, 0.25) is 0 Å². The number of hydrogen-bond acceptors (Lipinski definition) is 9. The van der Waals surface area contributed by atoms with Gasteiger partial charge in [0.1, 0.15) is 24.5 Å². The summed E-state index contributed by atoms with van der Waals surface area (Å²) < 4.78 is 68.1. The monoisotopic (exact) mass is 563 g/mol. The number of hydrogen-bond donors (Lipinski definition) is 2. The highest BCUT2D eigenvalue weighted by Gasteiger charge is 2.35. The van der Waals surface area contributed by atoms with Crippen molar-refractivity contribution in [3.05, 3.63) is 24.2 Å². The molecule has 1 saturated heterocycles. The molecule has 0 spiro atoms. The molecular weight excluding hydrogens is 528 g/mol. The highest BCUT2D eigenvalue weighted by Crippen LogP contribution is 2.27. The largest absolute Gasteiger partial charge is 0.613 e. The number of carbonyl (C=O) groups is 1. The average Bonchev–Trinajstić information content (AvgIpc) is 3.29. The molecule has 1 unspecified atom stereocenters. The number of nitrogen functional groups attached to an aromatic ring is 1. The number of esters is 1. The third-order valence-corrected chi connectivity index (χ3v) is 7.64. The van der Waals surface area contributed by atoms with Gasteiger partial charge in [0, 0.05) is 12.8 Å². The van der Waals surface area contributed by atoms with Gasteiger partial charge in [0.25, 0.3) is 0 Å². The number of carbonyl (C=O) groups excluding carboxylic acids is 1. The van der Waals surface area contributed by atoms with Crippen LogP contribution in [0.4, 0.5) is 19.0 Å². The molecule has 15 heteroatoms. The van der Waals surface area contributed by atoms with E-state index in [9.17, 15) is 22.5 Å². The molecular formula is C23H35F3N6O5P+. The van der Waals surface area contributed by atoms with E-state index >= 15 is 0 Å². The first-order valence-corrected chi connectivity index (χ1v) is 13.5. The van der Waals surface area contributed by atoms with E-state index < -0.39 is 38.5 Å². The number of fused-ring (bicyclic) bond motifs is 1. The molecule has 0 radical (unpaired) electrons. The van der Waals surface area contributed by atoms with E-state index in [-0.39, 0.29) is 19.1 Å². The Hall–Kier alpha value is -2.38. The van der Waals surface area contributed by atoms with E-state index in [0.29, 0.717) is 50.1 Å². The van der Waals surface area contributed by atoms with Crippen molar-refractivity contribution in [3.8, 4) is 0 Å². The molecule has 0 aromatic carbocycles. The van der Waals surface area contributed by atoms with E-state index in [2.05, 4.69) is 15.2 Å². The third kappa shape index (κ3) is 8.84. The van der Waals surface area contributed by atoms with Crippen molar-refractivity contribution in [3.63, 3.8) is 0 Å². The topological polar surface area (TPSA) is 133 Å². The number of methoxy groups -OCH3 is 1. The fourth-order valence-electron chi connectivity index (χ4n) is 4.15. The highest BCUT2D eigenvalue weighted by molar-refractivity contribution is 7.36. The lowest BCUT2D eigenvalue weighted by atomic mass is 9.98. The number of likely N-dealkylation sites (tertiary alicyclic amines) is 1. The average molecular weight is 564 g/mol. The summed E-state index contributed by atoms with van der Waals surface area (Å²) in [5.74, 6) is -0.236. The number of ether oxygens (including phenoxy) is 2. The summed E-state index contributed by atoms with van der Waals surface area (Å²) in [6.45, 7) is 3.12. The zero-order valence-corrected chi connectivity index (χ0v) is 22.6. The van der Waals surface area contributed by atoms with Gasteiger partial charge in [-0.3, -0.25) is 9.69 Å². The van der Waals surface area contributed by atoms with Gasteiger partial charge >= 0.3 is 20.3 Å². The molecule has 3 N–H and O–H groups in total. The maximum Gasteiger partial charge on any atom is 0.613 e. The van der Waals surface area contributed by atoms with Crippen molar-refractivity contribution in [2.75, 3.05) is 45.7 Å². The van der Waals surface area contributed by atoms with Crippen molar-refractivity contribution < 1.29 is 36.5 Å². The van der Waals surface area contributed by atoms with Crippen molar-refractivity contribution in [1.29, 1.82) is 0 Å². The predicted molar refractivity (Wildman–Crippen MR) is 133 cm³/mol. The normalized spacial score (nSPS) is 18.3. The molecule has 3 heterocycles. The maximum absolute atomic E-state index is 12.5. The van der Waals surface area contributed by atoms with E-state index in [1.165, 1.54) is 25.3 Å². The Balaban J connectivity index is 1.38. The number of rotatable bonds is 13. The lowest BCUT2D eigenvalue weighted by Gasteiger charge is -2.32. The van der Waals surface area contributed by atoms with E-state index in [1.807, 2.05) is 19.1 Å². The molecule has 38 heavy (non-hydrogen) atoms. The molecule has 0 saturated carbocycles. The highest BCUT2D eigenvalue weighted by atomic mass is 31.1. The van der Waals surface area contributed by atoms with E-state index in [4.69, 9.17) is 19.7 Å². The Morgan fingerprint density at radius 1 is 1.32 bits per heavy atom. The zero-order chi connectivity index (χ0) is 27.9. The predicted octanol–water partition coefficient (Wildman–Crippen LogP) is 3.12. The molecule has 212 valence electrons. The molecule has 0 amide bonds. The maximum atomic E-state index is 12.5. The number of nitrogens with one attached hydrogen (secondary N) is 1. The van der Waals surface area contributed by atoms with Gasteiger partial charge in [0.15, 0.2) is 5.82 Å². The minimum atomic E-state index is -4.22. The second kappa shape index (κ2) is 13.1. The number of alkyl halides is 3. The number of halogens is 3. The van der Waals surface area contributed by atoms with Gasteiger partial charge in [-0.2, -0.15) is 18.3 Å². The van der Waals surface area contributed by atoms with E-state index in [0.717, 1.165) is 5.69 Å². The van der Waals surface area contributed by atoms with Crippen LogP contribution in [0.15, 0.2) is 18.5 Å². The summed E-state index contributed by atoms with van der Waals surface area (Å²) in [5, 5.41) is 6.81. The molecule has 3 atom stereocenters. The second-order valence-electron chi connectivity index (χ2n) is 9.77. The number of aromatic nitrogens is 3. The van der Waals surface area contributed by atoms with Crippen LogP contribution >= 0.6 is 8.18 Å². The van der Waals surface area contributed by atoms with Crippen LogP contribution in [0.1, 0.15) is 38.8 Å². The van der Waals surface area contributed by atoms with Crippen LogP contribution in [0.25, 0.3) is 5.52 Å². The Kier molecular flexibility index (Phi) is 10.4. The van der Waals surface area contributed by atoms with Crippen molar-refractivity contribution in [2.24, 2.45) is 5.92 Å². The second-order valence-corrected chi connectivity index (χ2v) is 10.8. The van der Waals surface area contributed by atoms with Gasteiger partial charge in [-0.05, 0) is 75.2 Å².